The second kappa shape index (κ2) is 7.85. The smallest absolute Gasteiger partial charge is 0.306 e. The Kier molecular flexibility index (Phi) is 5.56. The summed E-state index contributed by atoms with van der Waals surface area (Å²) in [5.74, 6) is 0.149. The molecule has 1 atom stereocenters. The molecular weight excluding hydrogens is 320 g/mol. The minimum atomic E-state index is -0.822. The number of carbonyl (C=O) groups is 2. The number of rotatable bonds is 10. The largest absolute Gasteiger partial charge is 0.491 e. The van der Waals surface area contributed by atoms with Gasteiger partial charge in [0.1, 0.15) is 0 Å². The second-order valence-electron chi connectivity index (χ2n) is 7.13. The fourth-order valence-corrected chi connectivity index (χ4v) is 2.82. The standard InChI is InChI=1S/C19H26N2O4/c1-2-13(19(23)24)7-8-20-18(22)17-16(25-11-12-3-4-12)9-15(10-21-17)14-5-6-14/h9-10,12-14H,2-8,11H2,1H3,(H,20,22)(H,23,24). The van der Waals surface area contributed by atoms with Crippen LogP contribution >= 0.6 is 0 Å². The Morgan fingerprint density at radius 3 is 2.72 bits per heavy atom. The van der Waals surface area contributed by atoms with Gasteiger partial charge in [0, 0.05) is 12.7 Å². The Morgan fingerprint density at radius 2 is 2.12 bits per heavy atom. The molecule has 1 aromatic rings. The molecule has 2 saturated carbocycles. The highest BCUT2D eigenvalue weighted by atomic mass is 16.5. The summed E-state index contributed by atoms with van der Waals surface area (Å²) in [5.41, 5.74) is 1.44. The summed E-state index contributed by atoms with van der Waals surface area (Å²) in [4.78, 5) is 27.8. The number of carboxylic acid groups (broad SMARTS) is 1. The summed E-state index contributed by atoms with van der Waals surface area (Å²) in [5, 5.41) is 11.9. The lowest BCUT2D eigenvalue weighted by Gasteiger charge is -2.13. The minimum absolute atomic E-state index is 0.298. The summed E-state index contributed by atoms with van der Waals surface area (Å²) in [6.45, 7) is 2.79. The van der Waals surface area contributed by atoms with E-state index in [9.17, 15) is 9.59 Å². The van der Waals surface area contributed by atoms with Gasteiger partial charge in [0.25, 0.3) is 5.91 Å². The SMILES string of the molecule is CCC(CCNC(=O)c1ncc(C2CC2)cc1OCC1CC1)C(=O)O. The number of amides is 1. The van der Waals surface area contributed by atoms with Crippen LogP contribution in [0.1, 0.15) is 67.4 Å². The molecule has 0 radical (unpaired) electrons. The third kappa shape index (κ3) is 4.94. The zero-order chi connectivity index (χ0) is 17.8. The van der Waals surface area contributed by atoms with Gasteiger partial charge in [0.2, 0.25) is 0 Å². The van der Waals surface area contributed by atoms with E-state index in [0.29, 0.717) is 49.3 Å². The average Bonchev–Trinajstić information content (AvgIpc) is 3.49. The molecule has 136 valence electrons. The molecule has 1 aromatic heterocycles. The molecule has 0 bridgehead atoms. The molecule has 0 saturated heterocycles. The lowest BCUT2D eigenvalue weighted by molar-refractivity contribution is -0.142. The molecule has 0 aliphatic heterocycles. The van der Waals surface area contributed by atoms with Gasteiger partial charge in [-0.25, -0.2) is 4.98 Å². The van der Waals surface area contributed by atoms with Crippen molar-refractivity contribution < 1.29 is 19.4 Å². The number of aliphatic carboxylic acids is 1. The number of nitrogens with zero attached hydrogens (tertiary/aromatic N) is 1. The van der Waals surface area contributed by atoms with Crippen molar-refractivity contribution in [3.63, 3.8) is 0 Å². The van der Waals surface area contributed by atoms with Crippen LogP contribution in [-0.4, -0.2) is 35.1 Å². The van der Waals surface area contributed by atoms with Gasteiger partial charge in [-0.3, -0.25) is 9.59 Å². The van der Waals surface area contributed by atoms with E-state index in [1.54, 1.807) is 6.20 Å². The number of aromatic nitrogens is 1. The van der Waals surface area contributed by atoms with Crippen molar-refractivity contribution in [1.82, 2.24) is 10.3 Å². The van der Waals surface area contributed by atoms with Gasteiger partial charge in [0.15, 0.2) is 11.4 Å². The van der Waals surface area contributed by atoms with Crippen molar-refractivity contribution in [3.8, 4) is 5.75 Å². The number of pyridine rings is 1. The number of carboxylic acids is 1. The lowest BCUT2D eigenvalue weighted by atomic mass is 10.0. The molecule has 0 aromatic carbocycles. The molecule has 2 N–H and O–H groups in total. The molecule has 2 aliphatic carbocycles. The van der Waals surface area contributed by atoms with Gasteiger partial charge >= 0.3 is 5.97 Å². The summed E-state index contributed by atoms with van der Waals surface area (Å²) in [6.07, 6.45) is 7.44. The lowest BCUT2D eigenvalue weighted by Crippen LogP contribution is -2.29. The van der Waals surface area contributed by atoms with Crippen molar-refractivity contribution in [2.45, 2.75) is 51.4 Å². The van der Waals surface area contributed by atoms with Crippen LogP contribution in [0.3, 0.4) is 0 Å². The predicted octanol–water partition coefficient (Wildman–Crippen LogP) is 2.98. The van der Waals surface area contributed by atoms with Gasteiger partial charge in [-0.1, -0.05) is 6.92 Å². The quantitative estimate of drug-likeness (QED) is 0.680. The fraction of sp³-hybridized carbons (Fsp3) is 0.632. The van der Waals surface area contributed by atoms with Gasteiger partial charge in [0.05, 0.1) is 12.5 Å². The molecule has 25 heavy (non-hydrogen) atoms. The van der Waals surface area contributed by atoms with E-state index in [0.717, 1.165) is 5.56 Å². The topological polar surface area (TPSA) is 88.5 Å². The van der Waals surface area contributed by atoms with Crippen molar-refractivity contribution in [1.29, 1.82) is 0 Å². The average molecular weight is 346 g/mol. The molecule has 1 amide bonds. The third-order valence-electron chi connectivity index (χ3n) is 4.93. The first kappa shape index (κ1) is 17.7. The van der Waals surface area contributed by atoms with Crippen molar-refractivity contribution in [3.05, 3.63) is 23.5 Å². The Bertz CT molecular complexity index is 638. The molecule has 0 spiro atoms. The molecule has 2 aliphatic rings. The Morgan fingerprint density at radius 1 is 1.36 bits per heavy atom. The number of hydrogen-bond donors (Lipinski definition) is 2. The van der Waals surface area contributed by atoms with Crippen LogP contribution in [0.4, 0.5) is 0 Å². The molecule has 3 rings (SSSR count). The fourth-order valence-electron chi connectivity index (χ4n) is 2.82. The monoisotopic (exact) mass is 346 g/mol. The van der Waals surface area contributed by atoms with Gasteiger partial charge in [-0.2, -0.15) is 0 Å². The van der Waals surface area contributed by atoms with Crippen LogP contribution in [0.15, 0.2) is 12.3 Å². The highest BCUT2D eigenvalue weighted by Crippen LogP contribution is 2.41. The summed E-state index contributed by atoms with van der Waals surface area (Å²) < 4.78 is 5.87. The zero-order valence-corrected chi connectivity index (χ0v) is 14.7. The van der Waals surface area contributed by atoms with E-state index in [4.69, 9.17) is 9.84 Å². The highest BCUT2D eigenvalue weighted by molar-refractivity contribution is 5.95. The van der Waals surface area contributed by atoms with Crippen LogP contribution in [0.25, 0.3) is 0 Å². The maximum atomic E-state index is 12.5. The molecule has 6 heteroatoms. The molecule has 1 heterocycles. The Balaban J connectivity index is 1.62. The first-order chi connectivity index (χ1) is 12.1. The maximum absolute atomic E-state index is 12.5. The van der Waals surface area contributed by atoms with Crippen LogP contribution in [-0.2, 0) is 4.79 Å². The van der Waals surface area contributed by atoms with Crippen molar-refractivity contribution in [2.24, 2.45) is 11.8 Å². The van der Waals surface area contributed by atoms with E-state index in [-0.39, 0.29) is 5.91 Å². The van der Waals surface area contributed by atoms with Gasteiger partial charge in [-0.15, -0.1) is 0 Å². The zero-order valence-electron chi connectivity index (χ0n) is 14.7. The molecule has 2 fully saturated rings. The molecule has 6 nitrogen and oxygen atoms in total. The van der Waals surface area contributed by atoms with E-state index in [1.807, 2.05) is 13.0 Å². The number of carbonyl (C=O) groups excluding carboxylic acids is 1. The predicted molar refractivity (Wildman–Crippen MR) is 92.8 cm³/mol. The summed E-state index contributed by atoms with van der Waals surface area (Å²) >= 11 is 0. The van der Waals surface area contributed by atoms with Crippen LogP contribution in [0.5, 0.6) is 5.75 Å². The third-order valence-corrected chi connectivity index (χ3v) is 4.93. The first-order valence-corrected chi connectivity index (χ1v) is 9.22. The normalized spacial score (nSPS) is 17.8. The van der Waals surface area contributed by atoms with Gasteiger partial charge < -0.3 is 15.2 Å². The summed E-state index contributed by atoms with van der Waals surface area (Å²) in [7, 11) is 0. The van der Waals surface area contributed by atoms with Crippen LogP contribution in [0.2, 0.25) is 0 Å². The van der Waals surface area contributed by atoms with E-state index >= 15 is 0 Å². The maximum Gasteiger partial charge on any atom is 0.306 e. The van der Waals surface area contributed by atoms with E-state index in [2.05, 4.69) is 10.3 Å². The number of hydrogen-bond acceptors (Lipinski definition) is 4. The van der Waals surface area contributed by atoms with Crippen LogP contribution in [0, 0.1) is 11.8 Å². The van der Waals surface area contributed by atoms with Gasteiger partial charge in [-0.05, 0) is 62.0 Å². The van der Waals surface area contributed by atoms with Crippen molar-refractivity contribution >= 4 is 11.9 Å². The van der Waals surface area contributed by atoms with E-state index in [1.165, 1.54) is 25.7 Å². The van der Waals surface area contributed by atoms with E-state index < -0.39 is 11.9 Å². The number of nitrogens with one attached hydrogen (secondary N) is 1. The minimum Gasteiger partial charge on any atom is -0.491 e. The Labute approximate surface area is 148 Å². The second-order valence-corrected chi connectivity index (χ2v) is 7.13. The summed E-state index contributed by atoms with van der Waals surface area (Å²) in [6, 6.07) is 1.95. The number of ether oxygens (including phenoxy) is 1. The van der Waals surface area contributed by atoms with Crippen molar-refractivity contribution in [2.75, 3.05) is 13.2 Å². The first-order valence-electron chi connectivity index (χ1n) is 9.22. The highest BCUT2D eigenvalue weighted by Gasteiger charge is 2.28. The molecular formula is C19H26N2O4. The van der Waals surface area contributed by atoms with Crippen LogP contribution < -0.4 is 10.1 Å². The Hall–Kier alpha value is -2.11. The molecule has 1 unspecified atom stereocenters.